The van der Waals surface area contributed by atoms with Crippen LogP contribution in [0.4, 0.5) is 0 Å². The van der Waals surface area contributed by atoms with Gasteiger partial charge in [0.05, 0.1) is 27.2 Å². The number of hydrogen-bond acceptors (Lipinski definition) is 0. The summed E-state index contributed by atoms with van der Waals surface area (Å²) in [5.41, 5.74) is 1.42. The predicted molar refractivity (Wildman–Crippen MR) is 40.2 cm³/mol. The van der Waals surface area contributed by atoms with Crippen LogP contribution >= 0.6 is 0 Å². The van der Waals surface area contributed by atoms with Crippen LogP contribution in [-0.2, 0) is 0 Å². The highest BCUT2D eigenvalue weighted by Gasteiger charge is 2.32. The van der Waals surface area contributed by atoms with E-state index >= 15 is 0 Å². The summed E-state index contributed by atoms with van der Waals surface area (Å²) < 4.78 is 1.10. The molecule has 0 aliphatic heterocycles. The van der Waals surface area contributed by atoms with Gasteiger partial charge in [-0.25, -0.2) is 0 Å². The van der Waals surface area contributed by atoms with E-state index in [-0.39, 0.29) is 0 Å². The second-order valence-electron chi connectivity index (χ2n) is 3.93. The van der Waals surface area contributed by atoms with E-state index in [1.54, 1.807) is 0 Å². The minimum atomic E-state index is 0.845. The minimum absolute atomic E-state index is 0.845. The molecule has 0 atom stereocenters. The maximum atomic E-state index is 3.91. The van der Waals surface area contributed by atoms with Crippen LogP contribution in [0.3, 0.4) is 0 Å². The summed E-state index contributed by atoms with van der Waals surface area (Å²) >= 11 is 0. The zero-order valence-electron chi connectivity index (χ0n) is 6.65. The summed E-state index contributed by atoms with van der Waals surface area (Å²) in [6.07, 6.45) is 2.48. The fourth-order valence-electron chi connectivity index (χ4n) is 1.15. The minimum Gasteiger partial charge on any atom is -0.328 e. The summed E-state index contributed by atoms with van der Waals surface area (Å²) in [5.74, 6) is 0. The molecule has 0 unspecified atom stereocenters. The van der Waals surface area contributed by atoms with Crippen LogP contribution in [0.25, 0.3) is 0 Å². The van der Waals surface area contributed by atoms with Crippen LogP contribution in [0.5, 0.6) is 0 Å². The lowest BCUT2D eigenvalue weighted by molar-refractivity contribution is -0.899. The van der Waals surface area contributed by atoms with E-state index in [9.17, 15) is 0 Å². The van der Waals surface area contributed by atoms with Crippen molar-refractivity contribution in [2.24, 2.45) is 0 Å². The fourth-order valence-corrected chi connectivity index (χ4v) is 1.15. The lowest BCUT2D eigenvalue weighted by Crippen LogP contribution is -2.49. The second kappa shape index (κ2) is 1.84. The Morgan fingerprint density at radius 2 is 1.78 bits per heavy atom. The van der Waals surface area contributed by atoms with Crippen molar-refractivity contribution in [1.82, 2.24) is 0 Å². The van der Waals surface area contributed by atoms with Gasteiger partial charge in [0.1, 0.15) is 0 Å². The van der Waals surface area contributed by atoms with Gasteiger partial charge in [-0.3, -0.25) is 0 Å². The van der Waals surface area contributed by atoms with E-state index in [0.717, 1.165) is 10.5 Å². The average Bonchev–Trinajstić information content (AvgIpc) is 1.55. The number of quaternary nitrogens is 1. The SMILES string of the molecule is C=C1CC([N+](C)(C)C)C1. The van der Waals surface area contributed by atoms with Gasteiger partial charge in [0.15, 0.2) is 0 Å². The van der Waals surface area contributed by atoms with Crippen molar-refractivity contribution in [2.45, 2.75) is 18.9 Å². The Morgan fingerprint density at radius 1 is 1.33 bits per heavy atom. The van der Waals surface area contributed by atoms with Crippen LogP contribution in [-0.4, -0.2) is 31.7 Å². The molecule has 1 heteroatoms. The summed E-state index contributed by atoms with van der Waals surface area (Å²) in [6.45, 7) is 3.91. The van der Waals surface area contributed by atoms with E-state index in [1.165, 1.54) is 18.4 Å². The fraction of sp³-hybridized carbons (Fsp3) is 0.750. The molecule has 0 heterocycles. The number of nitrogens with zero attached hydrogens (tertiary/aromatic N) is 1. The molecule has 0 aromatic carbocycles. The largest absolute Gasteiger partial charge is 0.328 e. The van der Waals surface area contributed by atoms with Gasteiger partial charge in [0.25, 0.3) is 0 Å². The normalized spacial score (nSPS) is 21.9. The molecule has 0 saturated heterocycles. The Balaban J connectivity index is 2.40. The molecule has 0 bridgehead atoms. The highest BCUT2D eigenvalue weighted by atomic mass is 15.3. The van der Waals surface area contributed by atoms with Crippen molar-refractivity contribution in [3.05, 3.63) is 12.2 Å². The molecule has 0 aromatic rings. The van der Waals surface area contributed by atoms with Gasteiger partial charge in [-0.2, -0.15) is 0 Å². The van der Waals surface area contributed by atoms with Gasteiger partial charge >= 0.3 is 0 Å². The smallest absolute Gasteiger partial charge is 0.0959 e. The first kappa shape index (κ1) is 6.81. The van der Waals surface area contributed by atoms with E-state index in [0.29, 0.717) is 0 Å². The zero-order valence-corrected chi connectivity index (χ0v) is 6.65. The van der Waals surface area contributed by atoms with Gasteiger partial charge in [0, 0.05) is 12.8 Å². The van der Waals surface area contributed by atoms with Crippen molar-refractivity contribution in [3.8, 4) is 0 Å². The van der Waals surface area contributed by atoms with Crippen molar-refractivity contribution < 1.29 is 4.48 Å². The Labute approximate surface area is 57.6 Å². The van der Waals surface area contributed by atoms with Crippen molar-refractivity contribution >= 4 is 0 Å². The Morgan fingerprint density at radius 3 is 1.89 bits per heavy atom. The van der Waals surface area contributed by atoms with Gasteiger partial charge in [-0.15, -0.1) is 0 Å². The second-order valence-corrected chi connectivity index (χ2v) is 3.93. The molecule has 1 rings (SSSR count). The monoisotopic (exact) mass is 126 g/mol. The maximum absolute atomic E-state index is 3.91. The van der Waals surface area contributed by atoms with Gasteiger partial charge in [-0.1, -0.05) is 12.2 Å². The molecule has 1 aliphatic carbocycles. The van der Waals surface area contributed by atoms with Gasteiger partial charge < -0.3 is 4.48 Å². The predicted octanol–water partition coefficient (Wildman–Crippen LogP) is 1.41. The molecule has 1 aliphatic rings. The van der Waals surface area contributed by atoms with Crippen LogP contribution in [0.1, 0.15) is 12.8 Å². The Kier molecular flexibility index (Phi) is 1.39. The summed E-state index contributed by atoms with van der Waals surface area (Å²) in [6, 6.07) is 0.845. The van der Waals surface area contributed by atoms with E-state index < -0.39 is 0 Å². The third kappa shape index (κ3) is 1.33. The van der Waals surface area contributed by atoms with Gasteiger partial charge in [0.2, 0.25) is 0 Å². The standard InChI is InChI=1S/C8H16N/c1-7-5-8(6-7)9(2,3)4/h8H,1,5-6H2,2-4H3/q+1. The van der Waals surface area contributed by atoms with Gasteiger partial charge in [-0.05, 0) is 0 Å². The highest BCUT2D eigenvalue weighted by Crippen LogP contribution is 2.30. The molecule has 0 spiro atoms. The first-order valence-corrected chi connectivity index (χ1v) is 3.48. The molecule has 0 amide bonds. The molecule has 0 radical (unpaired) electrons. The molecule has 0 N–H and O–H groups in total. The molecular formula is C8H16N+. The quantitative estimate of drug-likeness (QED) is 0.368. The Bertz CT molecular complexity index is 122. The lowest BCUT2D eigenvalue weighted by Gasteiger charge is -2.40. The first-order chi connectivity index (χ1) is 4.00. The van der Waals surface area contributed by atoms with Crippen LogP contribution in [0, 0.1) is 0 Å². The number of rotatable bonds is 1. The van der Waals surface area contributed by atoms with Crippen molar-refractivity contribution in [2.75, 3.05) is 21.1 Å². The third-order valence-electron chi connectivity index (χ3n) is 2.14. The molecule has 1 nitrogen and oxygen atoms in total. The molecule has 1 saturated carbocycles. The third-order valence-corrected chi connectivity index (χ3v) is 2.14. The van der Waals surface area contributed by atoms with Crippen LogP contribution in [0.2, 0.25) is 0 Å². The van der Waals surface area contributed by atoms with Crippen LogP contribution in [0.15, 0.2) is 12.2 Å². The summed E-state index contributed by atoms with van der Waals surface area (Å²) in [7, 11) is 6.74. The molecular weight excluding hydrogens is 110 g/mol. The molecule has 1 fully saturated rings. The van der Waals surface area contributed by atoms with Crippen molar-refractivity contribution in [3.63, 3.8) is 0 Å². The summed E-state index contributed by atoms with van der Waals surface area (Å²) in [5, 5.41) is 0. The van der Waals surface area contributed by atoms with Crippen molar-refractivity contribution in [1.29, 1.82) is 0 Å². The molecule has 52 valence electrons. The van der Waals surface area contributed by atoms with E-state index in [1.807, 2.05) is 0 Å². The zero-order chi connectivity index (χ0) is 7.07. The lowest BCUT2D eigenvalue weighted by atomic mass is 9.86. The topological polar surface area (TPSA) is 0 Å². The molecule has 9 heavy (non-hydrogen) atoms. The highest BCUT2D eigenvalue weighted by molar-refractivity contribution is 5.08. The Hall–Kier alpha value is -0.300. The average molecular weight is 126 g/mol. The van der Waals surface area contributed by atoms with E-state index in [2.05, 4.69) is 27.7 Å². The first-order valence-electron chi connectivity index (χ1n) is 3.48. The van der Waals surface area contributed by atoms with E-state index in [4.69, 9.17) is 0 Å². The molecule has 0 aromatic heterocycles. The van der Waals surface area contributed by atoms with Crippen LogP contribution < -0.4 is 0 Å². The summed E-state index contributed by atoms with van der Waals surface area (Å²) in [4.78, 5) is 0. The maximum Gasteiger partial charge on any atom is 0.0959 e. The number of hydrogen-bond donors (Lipinski definition) is 0.